The summed E-state index contributed by atoms with van der Waals surface area (Å²) < 4.78 is 10.4. The van der Waals surface area contributed by atoms with Gasteiger partial charge in [-0.3, -0.25) is 0 Å². The Morgan fingerprint density at radius 3 is 2.27 bits per heavy atom. The highest BCUT2D eigenvalue weighted by Crippen LogP contribution is 2.21. The number of alkyl halides is 1. The molecule has 0 bridgehead atoms. The molecule has 1 aliphatic rings. The zero-order valence-corrected chi connectivity index (χ0v) is 9.29. The van der Waals surface area contributed by atoms with Crippen LogP contribution < -0.4 is 0 Å². The number of hydrogen-bond donors (Lipinski definition) is 1. The van der Waals surface area contributed by atoms with Crippen molar-refractivity contribution < 1.29 is 14.6 Å². The van der Waals surface area contributed by atoms with E-state index in [9.17, 15) is 0 Å². The molecular formula is C7H15IO3. The van der Waals surface area contributed by atoms with Crippen LogP contribution in [0.3, 0.4) is 0 Å². The van der Waals surface area contributed by atoms with E-state index in [-0.39, 0.29) is 12.7 Å². The second-order valence-electron chi connectivity index (χ2n) is 2.63. The van der Waals surface area contributed by atoms with Crippen LogP contribution in [0.1, 0.15) is 13.8 Å². The third kappa shape index (κ3) is 4.25. The van der Waals surface area contributed by atoms with E-state index in [0.29, 0.717) is 6.61 Å². The molecule has 1 saturated heterocycles. The Morgan fingerprint density at radius 2 is 2.09 bits per heavy atom. The van der Waals surface area contributed by atoms with Crippen molar-refractivity contribution in [2.45, 2.75) is 25.7 Å². The second-order valence-corrected chi connectivity index (χ2v) is 2.63. The normalized spacial score (nSPS) is 27.5. The maximum absolute atomic E-state index is 8.59. The van der Waals surface area contributed by atoms with Crippen LogP contribution in [0.15, 0.2) is 0 Å². The number of hydrogen-bond acceptors (Lipinski definition) is 3. The summed E-state index contributed by atoms with van der Waals surface area (Å²) in [6, 6.07) is 0. The average molecular weight is 274 g/mol. The van der Waals surface area contributed by atoms with Crippen LogP contribution in [0.25, 0.3) is 0 Å². The largest absolute Gasteiger partial charge is 0.394 e. The van der Waals surface area contributed by atoms with Gasteiger partial charge < -0.3 is 14.6 Å². The zero-order valence-electron chi connectivity index (χ0n) is 7.13. The highest BCUT2D eigenvalue weighted by molar-refractivity contribution is 14.1. The van der Waals surface area contributed by atoms with E-state index in [1.165, 1.54) is 0 Å². The van der Waals surface area contributed by atoms with Crippen LogP contribution in [0.2, 0.25) is 0 Å². The van der Waals surface area contributed by atoms with Crippen molar-refractivity contribution in [1.29, 1.82) is 0 Å². The van der Waals surface area contributed by atoms with Gasteiger partial charge in [-0.25, -0.2) is 0 Å². The summed E-state index contributed by atoms with van der Waals surface area (Å²) in [4.78, 5) is 1.97. The first-order valence-electron chi connectivity index (χ1n) is 3.44. The van der Waals surface area contributed by atoms with Crippen molar-refractivity contribution in [3.05, 3.63) is 0 Å². The number of aliphatic hydroxyl groups excluding tert-OH is 1. The summed E-state index contributed by atoms with van der Waals surface area (Å²) in [5.41, 5.74) is 0. The topological polar surface area (TPSA) is 38.7 Å². The molecule has 68 valence electrons. The smallest absolute Gasteiger partial charge is 0.163 e. The molecule has 0 aliphatic carbocycles. The molecule has 0 radical (unpaired) electrons. The highest BCUT2D eigenvalue weighted by atomic mass is 127. The lowest BCUT2D eigenvalue weighted by atomic mass is 10.4. The molecule has 1 atom stereocenters. The summed E-state index contributed by atoms with van der Waals surface area (Å²) in [5.74, 6) is -0.493. The van der Waals surface area contributed by atoms with Gasteiger partial charge in [-0.15, -0.1) is 0 Å². The highest BCUT2D eigenvalue weighted by Gasteiger charge is 2.31. The van der Waals surface area contributed by atoms with Crippen LogP contribution in [-0.2, 0) is 9.47 Å². The van der Waals surface area contributed by atoms with Gasteiger partial charge in [-0.05, 0) is 18.8 Å². The van der Waals surface area contributed by atoms with Crippen molar-refractivity contribution in [3.63, 3.8) is 0 Å². The standard InChI is InChI=1S/C6H12O3.CH3I/c1-6(2)8-4-5(3-7)9-6;1-2/h5,7H,3-4H2,1-2H3;1H3. The maximum atomic E-state index is 8.59. The van der Waals surface area contributed by atoms with E-state index in [4.69, 9.17) is 14.6 Å². The van der Waals surface area contributed by atoms with E-state index >= 15 is 0 Å². The van der Waals surface area contributed by atoms with E-state index in [1.54, 1.807) is 0 Å². The summed E-state index contributed by atoms with van der Waals surface area (Å²) in [6.45, 7) is 4.22. The van der Waals surface area contributed by atoms with Gasteiger partial charge in [0.15, 0.2) is 5.79 Å². The van der Waals surface area contributed by atoms with Crippen LogP contribution in [-0.4, -0.2) is 35.1 Å². The fraction of sp³-hybridized carbons (Fsp3) is 1.00. The molecule has 1 aliphatic heterocycles. The number of halogens is 1. The minimum Gasteiger partial charge on any atom is -0.394 e. The summed E-state index contributed by atoms with van der Waals surface area (Å²) in [5, 5.41) is 8.59. The molecule has 0 spiro atoms. The van der Waals surface area contributed by atoms with E-state index in [1.807, 2.05) is 18.8 Å². The van der Waals surface area contributed by atoms with Gasteiger partial charge in [0.1, 0.15) is 6.10 Å². The molecule has 11 heavy (non-hydrogen) atoms. The number of ether oxygens (including phenoxy) is 2. The van der Waals surface area contributed by atoms with Crippen molar-refractivity contribution in [1.82, 2.24) is 0 Å². The number of rotatable bonds is 1. The van der Waals surface area contributed by atoms with Gasteiger partial charge in [0.25, 0.3) is 0 Å². The van der Waals surface area contributed by atoms with Crippen molar-refractivity contribution in [2.75, 3.05) is 18.1 Å². The minimum absolute atomic E-state index is 0.0451. The van der Waals surface area contributed by atoms with Gasteiger partial charge in [-0.1, -0.05) is 22.6 Å². The second kappa shape index (κ2) is 5.29. The monoisotopic (exact) mass is 274 g/mol. The molecule has 1 N–H and O–H groups in total. The van der Waals surface area contributed by atoms with Crippen LogP contribution in [0.5, 0.6) is 0 Å². The lowest BCUT2D eigenvalue weighted by Crippen LogP contribution is -2.22. The van der Waals surface area contributed by atoms with Crippen LogP contribution in [0, 0.1) is 0 Å². The zero-order chi connectivity index (χ0) is 8.91. The Morgan fingerprint density at radius 1 is 1.55 bits per heavy atom. The SMILES string of the molecule is CC1(C)OCC(CO)O1.CI. The van der Waals surface area contributed by atoms with Gasteiger partial charge in [0, 0.05) is 0 Å². The molecule has 3 nitrogen and oxygen atoms in total. The van der Waals surface area contributed by atoms with Crippen LogP contribution in [0.4, 0.5) is 0 Å². The first-order valence-corrected chi connectivity index (χ1v) is 5.60. The van der Waals surface area contributed by atoms with Gasteiger partial charge >= 0.3 is 0 Å². The van der Waals surface area contributed by atoms with E-state index in [2.05, 4.69) is 22.6 Å². The third-order valence-corrected chi connectivity index (χ3v) is 1.27. The molecule has 1 heterocycles. The lowest BCUT2D eigenvalue weighted by Gasteiger charge is -2.15. The quantitative estimate of drug-likeness (QED) is 0.576. The predicted molar refractivity (Wildman–Crippen MR) is 51.9 cm³/mol. The Hall–Kier alpha value is 0.610. The molecule has 0 aromatic heterocycles. The maximum Gasteiger partial charge on any atom is 0.163 e. The first-order chi connectivity index (χ1) is 5.14. The first kappa shape index (κ1) is 11.6. The Bertz CT molecular complexity index is 106. The lowest BCUT2D eigenvalue weighted by molar-refractivity contribution is -0.142. The molecule has 1 rings (SSSR count). The predicted octanol–water partition coefficient (Wildman–Crippen LogP) is 1.18. The van der Waals surface area contributed by atoms with Gasteiger partial charge in [-0.2, -0.15) is 0 Å². The summed E-state index contributed by atoms with van der Waals surface area (Å²) >= 11 is 2.15. The van der Waals surface area contributed by atoms with Crippen molar-refractivity contribution in [3.8, 4) is 0 Å². The fourth-order valence-corrected chi connectivity index (χ4v) is 0.853. The third-order valence-electron chi connectivity index (χ3n) is 1.27. The molecule has 1 unspecified atom stereocenters. The Kier molecular flexibility index (Phi) is 5.58. The molecule has 0 amide bonds. The Labute approximate surface area is 81.2 Å². The summed E-state index contributed by atoms with van der Waals surface area (Å²) in [7, 11) is 0. The molecule has 0 aromatic carbocycles. The minimum atomic E-state index is -0.493. The molecule has 1 fully saturated rings. The van der Waals surface area contributed by atoms with E-state index in [0.717, 1.165) is 0 Å². The fourth-order valence-electron chi connectivity index (χ4n) is 0.853. The van der Waals surface area contributed by atoms with Gasteiger partial charge in [0.2, 0.25) is 0 Å². The summed E-state index contributed by atoms with van der Waals surface area (Å²) in [6.07, 6.45) is -0.125. The van der Waals surface area contributed by atoms with Crippen molar-refractivity contribution >= 4 is 22.6 Å². The van der Waals surface area contributed by atoms with Crippen molar-refractivity contribution in [2.24, 2.45) is 0 Å². The Balaban J connectivity index is 0.000000461. The molecule has 0 aromatic rings. The molecular weight excluding hydrogens is 259 g/mol. The van der Waals surface area contributed by atoms with Crippen LogP contribution >= 0.6 is 22.6 Å². The van der Waals surface area contributed by atoms with E-state index < -0.39 is 5.79 Å². The van der Waals surface area contributed by atoms with Gasteiger partial charge in [0.05, 0.1) is 13.2 Å². The molecule has 0 saturated carbocycles. The number of aliphatic hydroxyl groups is 1. The average Bonchev–Trinajstić information content (AvgIpc) is 2.34. The molecule has 4 heteroatoms.